The van der Waals surface area contributed by atoms with Crippen molar-refractivity contribution in [2.75, 3.05) is 10.7 Å². The van der Waals surface area contributed by atoms with Crippen LogP contribution in [0.4, 0.5) is 17.1 Å². The molecule has 0 unspecified atom stereocenters. The van der Waals surface area contributed by atoms with Gasteiger partial charge in [0.15, 0.2) is 5.17 Å². The highest BCUT2D eigenvalue weighted by atomic mass is 32.2. The summed E-state index contributed by atoms with van der Waals surface area (Å²) in [6, 6.07) is 63.4. The Kier molecular flexibility index (Phi) is 12.3. The summed E-state index contributed by atoms with van der Waals surface area (Å²) in [5.74, 6) is -1.53. The number of amides is 1. The predicted octanol–water partition coefficient (Wildman–Crippen LogP) is 12.6. The van der Waals surface area contributed by atoms with Crippen LogP contribution in [0.15, 0.2) is 193 Å². The molecule has 0 atom stereocenters. The van der Waals surface area contributed by atoms with Gasteiger partial charge in [-0.25, -0.2) is 4.99 Å². The zero-order chi connectivity index (χ0) is 42.1. The van der Waals surface area contributed by atoms with Gasteiger partial charge in [0.1, 0.15) is 5.70 Å². The Morgan fingerprint density at radius 2 is 0.951 bits per heavy atom. The first-order valence-corrected chi connectivity index (χ1v) is 21.0. The number of hydrogen-bond acceptors (Lipinski definition) is 5. The standard InChI is InChI=1S/C54H43N3O3S/c1-37-13-23-44(24-14-37)49(42-9-5-3-6-10-42)33-39-17-27-46(28-18-39)57(48-31-21-41(22-32-48)35-51-53(60)56-54(55-51)61-36-52(58)59)47-29-19-40(20-30-47)34-50(43-11-7-4-8-12-43)45-25-15-38(2)16-26-45/h3-35H,36H2,1-2H3,(H,58,59)(H,55,56,60)/b49-33+,50-34+,51-35-. The summed E-state index contributed by atoms with van der Waals surface area (Å²) in [6.07, 6.45) is 6.18. The van der Waals surface area contributed by atoms with Crippen molar-refractivity contribution in [3.8, 4) is 0 Å². The van der Waals surface area contributed by atoms with Crippen LogP contribution in [-0.2, 0) is 9.59 Å². The molecule has 61 heavy (non-hydrogen) atoms. The van der Waals surface area contributed by atoms with Crippen molar-refractivity contribution in [1.82, 2.24) is 5.32 Å². The number of thioether (sulfide) groups is 1. The minimum Gasteiger partial charge on any atom is -0.481 e. The number of anilines is 3. The highest BCUT2D eigenvalue weighted by Gasteiger charge is 2.21. The van der Waals surface area contributed by atoms with Crippen LogP contribution in [0.25, 0.3) is 29.4 Å². The topological polar surface area (TPSA) is 82.0 Å². The number of carboxylic acid groups (broad SMARTS) is 1. The lowest BCUT2D eigenvalue weighted by Crippen LogP contribution is -2.22. The van der Waals surface area contributed by atoms with Gasteiger partial charge < -0.3 is 10.0 Å². The lowest BCUT2D eigenvalue weighted by molar-refractivity contribution is -0.133. The van der Waals surface area contributed by atoms with Gasteiger partial charge in [-0.05, 0) is 119 Å². The molecule has 6 nitrogen and oxygen atoms in total. The molecule has 298 valence electrons. The van der Waals surface area contributed by atoms with Gasteiger partial charge in [-0.1, -0.05) is 168 Å². The summed E-state index contributed by atoms with van der Waals surface area (Å²) in [5, 5.41) is 12.0. The zero-order valence-corrected chi connectivity index (χ0v) is 34.6. The van der Waals surface area contributed by atoms with E-state index < -0.39 is 5.97 Å². The Labute approximate surface area is 361 Å². The molecule has 8 rings (SSSR count). The maximum atomic E-state index is 12.6. The third kappa shape index (κ3) is 10.0. The molecule has 0 spiro atoms. The lowest BCUT2D eigenvalue weighted by atomic mass is 9.95. The molecular formula is C54H43N3O3S. The van der Waals surface area contributed by atoms with E-state index in [1.54, 1.807) is 6.08 Å². The molecule has 0 saturated carbocycles. The third-order valence-corrected chi connectivity index (χ3v) is 11.1. The molecule has 0 radical (unpaired) electrons. The first kappa shape index (κ1) is 40.3. The minimum atomic E-state index is -0.977. The number of nitrogens with zero attached hydrogens (tertiary/aromatic N) is 2. The molecule has 0 aliphatic carbocycles. The van der Waals surface area contributed by atoms with E-state index in [0.29, 0.717) is 0 Å². The van der Waals surface area contributed by atoms with E-state index in [4.69, 9.17) is 5.11 Å². The molecular weight excluding hydrogens is 771 g/mol. The largest absolute Gasteiger partial charge is 0.481 e. The Bertz CT molecular complexity index is 2630. The molecule has 1 aliphatic heterocycles. The Balaban J connectivity index is 1.15. The van der Waals surface area contributed by atoms with E-state index in [0.717, 1.165) is 78.9 Å². The van der Waals surface area contributed by atoms with Crippen molar-refractivity contribution < 1.29 is 14.7 Å². The number of aliphatic imine (C=N–C) groups is 1. The van der Waals surface area contributed by atoms with Gasteiger partial charge in [0, 0.05) is 17.1 Å². The van der Waals surface area contributed by atoms with Crippen molar-refractivity contribution in [1.29, 1.82) is 0 Å². The molecule has 0 fully saturated rings. The summed E-state index contributed by atoms with van der Waals surface area (Å²) < 4.78 is 0. The Morgan fingerprint density at radius 1 is 0.557 bits per heavy atom. The SMILES string of the molecule is Cc1ccc(/C(=C/c2ccc(N(c3ccc(/C=C4\N=C(SCC(=O)O)NC4=O)cc3)c3ccc(/C=C(\c4ccccc4)c4ccc(C)cc4)cc3)cc2)c2ccccc2)cc1. The monoisotopic (exact) mass is 813 g/mol. The fourth-order valence-electron chi connectivity index (χ4n) is 7.11. The second kappa shape index (κ2) is 18.6. The summed E-state index contributed by atoms with van der Waals surface area (Å²) in [7, 11) is 0. The number of aliphatic carboxylic acids is 1. The van der Waals surface area contributed by atoms with E-state index in [1.165, 1.54) is 11.1 Å². The van der Waals surface area contributed by atoms with Crippen LogP contribution in [0, 0.1) is 13.8 Å². The van der Waals surface area contributed by atoms with Crippen molar-refractivity contribution in [3.05, 3.63) is 238 Å². The van der Waals surface area contributed by atoms with Crippen LogP contribution in [0.3, 0.4) is 0 Å². The number of rotatable bonds is 12. The van der Waals surface area contributed by atoms with E-state index in [2.05, 4.69) is 187 Å². The van der Waals surface area contributed by atoms with E-state index in [9.17, 15) is 9.59 Å². The second-order valence-electron chi connectivity index (χ2n) is 14.8. The molecule has 0 bridgehead atoms. The predicted molar refractivity (Wildman–Crippen MR) is 254 cm³/mol. The zero-order valence-electron chi connectivity index (χ0n) is 33.8. The lowest BCUT2D eigenvalue weighted by Gasteiger charge is -2.26. The van der Waals surface area contributed by atoms with Crippen molar-refractivity contribution in [2.45, 2.75) is 13.8 Å². The molecule has 1 heterocycles. The van der Waals surface area contributed by atoms with Crippen LogP contribution in [0.2, 0.25) is 0 Å². The van der Waals surface area contributed by atoms with Crippen molar-refractivity contribution in [2.24, 2.45) is 4.99 Å². The van der Waals surface area contributed by atoms with Gasteiger partial charge in [0.25, 0.3) is 5.91 Å². The maximum Gasteiger partial charge on any atom is 0.313 e. The number of amidine groups is 1. The van der Waals surface area contributed by atoms with E-state index in [1.807, 2.05) is 36.4 Å². The molecule has 7 heteroatoms. The fraction of sp³-hybridized carbons (Fsp3) is 0.0556. The molecule has 7 aromatic rings. The average Bonchev–Trinajstić information content (AvgIpc) is 3.65. The number of aryl methyl sites for hydroxylation is 2. The van der Waals surface area contributed by atoms with Crippen molar-refractivity contribution >= 4 is 75.2 Å². The average molecular weight is 814 g/mol. The van der Waals surface area contributed by atoms with Crippen LogP contribution in [0.5, 0.6) is 0 Å². The summed E-state index contributed by atoms with van der Waals surface area (Å²) >= 11 is 0.980. The highest BCUT2D eigenvalue weighted by Crippen LogP contribution is 2.37. The van der Waals surface area contributed by atoms with Crippen LogP contribution in [0.1, 0.15) is 50.1 Å². The van der Waals surface area contributed by atoms with Gasteiger partial charge in [-0.2, -0.15) is 0 Å². The summed E-state index contributed by atoms with van der Waals surface area (Å²) in [4.78, 5) is 30.2. The highest BCUT2D eigenvalue weighted by molar-refractivity contribution is 8.14. The number of benzene rings is 7. The molecule has 0 saturated heterocycles. The number of carboxylic acids is 1. The quantitative estimate of drug-likeness (QED) is 0.0948. The Hall–Kier alpha value is -7.48. The molecule has 2 N–H and O–H groups in total. The molecule has 7 aromatic carbocycles. The van der Waals surface area contributed by atoms with Gasteiger partial charge in [-0.15, -0.1) is 0 Å². The molecule has 0 aromatic heterocycles. The smallest absolute Gasteiger partial charge is 0.313 e. The number of nitrogens with one attached hydrogen (secondary N) is 1. The molecule has 1 aliphatic rings. The van der Waals surface area contributed by atoms with E-state index in [-0.39, 0.29) is 22.5 Å². The van der Waals surface area contributed by atoms with Gasteiger partial charge in [-0.3, -0.25) is 14.9 Å². The second-order valence-corrected chi connectivity index (χ2v) is 15.7. The maximum absolute atomic E-state index is 12.6. The Morgan fingerprint density at radius 3 is 1.36 bits per heavy atom. The first-order chi connectivity index (χ1) is 29.8. The van der Waals surface area contributed by atoms with Crippen LogP contribution >= 0.6 is 11.8 Å². The number of hydrogen-bond donors (Lipinski definition) is 2. The normalized spacial score (nSPS) is 13.5. The van der Waals surface area contributed by atoms with Gasteiger partial charge in [0.2, 0.25) is 0 Å². The van der Waals surface area contributed by atoms with Gasteiger partial charge >= 0.3 is 5.97 Å². The van der Waals surface area contributed by atoms with Crippen LogP contribution in [-0.4, -0.2) is 27.9 Å². The minimum absolute atomic E-state index is 0.187. The summed E-state index contributed by atoms with van der Waals surface area (Å²) in [6.45, 7) is 4.21. The van der Waals surface area contributed by atoms with E-state index >= 15 is 0 Å². The number of carbonyl (C=O) groups is 2. The van der Waals surface area contributed by atoms with Gasteiger partial charge in [0.05, 0.1) is 5.75 Å². The third-order valence-electron chi connectivity index (χ3n) is 10.3. The number of carbonyl (C=O) groups excluding carboxylic acids is 1. The van der Waals surface area contributed by atoms with Crippen LogP contribution < -0.4 is 10.2 Å². The van der Waals surface area contributed by atoms with Crippen molar-refractivity contribution in [3.63, 3.8) is 0 Å². The summed E-state index contributed by atoms with van der Waals surface area (Å²) in [5.41, 5.74) is 15.4. The fourth-order valence-corrected chi connectivity index (χ4v) is 7.70. The first-order valence-electron chi connectivity index (χ1n) is 20.0. The molecule has 1 amide bonds.